The smallest absolute Gasteiger partial charge is 0.251 e. The lowest BCUT2D eigenvalue weighted by atomic mass is 10.0. The molecular weight excluding hydrogens is 350 g/mol. The van der Waals surface area contributed by atoms with Gasteiger partial charge in [-0.25, -0.2) is 0 Å². The largest absolute Gasteiger partial charge is 0.457 e. The lowest BCUT2D eigenvalue weighted by Gasteiger charge is -2.10. The van der Waals surface area contributed by atoms with Gasteiger partial charge in [0, 0.05) is 23.2 Å². The maximum Gasteiger partial charge on any atom is 0.251 e. The van der Waals surface area contributed by atoms with Crippen molar-refractivity contribution in [2.75, 3.05) is 6.54 Å². The lowest BCUT2D eigenvalue weighted by Crippen LogP contribution is -2.27. The highest BCUT2D eigenvalue weighted by atomic mass is 16.5. The van der Waals surface area contributed by atoms with Crippen molar-refractivity contribution in [2.45, 2.75) is 13.8 Å². The first kappa shape index (κ1) is 19.4. The number of hydrogen-bond donors (Lipinski definition) is 1. The molecule has 0 saturated carbocycles. The predicted molar refractivity (Wildman–Crippen MR) is 110 cm³/mol. The Kier molecular flexibility index (Phi) is 6.22. The second-order valence-corrected chi connectivity index (χ2v) is 6.95. The van der Waals surface area contributed by atoms with Crippen LogP contribution < -0.4 is 10.1 Å². The molecule has 0 aliphatic carbocycles. The molecule has 0 aliphatic rings. The minimum absolute atomic E-state index is 0.0526. The number of carbonyl (C=O) groups is 2. The molecule has 4 heteroatoms. The van der Waals surface area contributed by atoms with Crippen LogP contribution in [0, 0.1) is 5.92 Å². The second-order valence-electron chi connectivity index (χ2n) is 6.95. The second kappa shape index (κ2) is 9.00. The van der Waals surface area contributed by atoms with Crippen molar-refractivity contribution in [3.63, 3.8) is 0 Å². The van der Waals surface area contributed by atoms with Crippen LogP contribution in [0.4, 0.5) is 0 Å². The lowest BCUT2D eigenvalue weighted by molar-refractivity contribution is 0.0948. The molecule has 0 radical (unpaired) electrons. The van der Waals surface area contributed by atoms with E-state index >= 15 is 0 Å². The predicted octanol–water partition coefficient (Wildman–Crippen LogP) is 5.10. The van der Waals surface area contributed by atoms with Crippen molar-refractivity contribution < 1.29 is 14.3 Å². The van der Waals surface area contributed by atoms with Crippen LogP contribution in [0.3, 0.4) is 0 Å². The summed E-state index contributed by atoms with van der Waals surface area (Å²) in [5, 5.41) is 2.89. The van der Waals surface area contributed by atoms with Crippen LogP contribution in [-0.2, 0) is 0 Å². The minimum Gasteiger partial charge on any atom is -0.457 e. The summed E-state index contributed by atoms with van der Waals surface area (Å²) in [6.45, 7) is 4.74. The highest BCUT2D eigenvalue weighted by molar-refractivity contribution is 6.09. The van der Waals surface area contributed by atoms with Crippen LogP contribution in [0.2, 0.25) is 0 Å². The summed E-state index contributed by atoms with van der Waals surface area (Å²) in [7, 11) is 0. The molecule has 3 rings (SSSR count). The quantitative estimate of drug-likeness (QED) is 0.587. The van der Waals surface area contributed by atoms with Crippen molar-refractivity contribution in [2.24, 2.45) is 5.92 Å². The van der Waals surface area contributed by atoms with E-state index in [0.29, 0.717) is 40.7 Å². The van der Waals surface area contributed by atoms with Crippen LogP contribution in [0.15, 0.2) is 78.9 Å². The van der Waals surface area contributed by atoms with Crippen LogP contribution in [0.1, 0.15) is 40.1 Å². The average Bonchev–Trinajstić information content (AvgIpc) is 2.73. The number of ketones is 1. The fourth-order valence-electron chi connectivity index (χ4n) is 2.67. The number of ether oxygens (including phenoxy) is 1. The van der Waals surface area contributed by atoms with Gasteiger partial charge in [0.05, 0.1) is 0 Å². The van der Waals surface area contributed by atoms with Gasteiger partial charge in [-0.3, -0.25) is 9.59 Å². The summed E-state index contributed by atoms with van der Waals surface area (Å²) in [4.78, 5) is 24.7. The number of hydrogen-bond acceptors (Lipinski definition) is 3. The van der Waals surface area contributed by atoms with Crippen molar-refractivity contribution >= 4 is 11.7 Å². The number of benzene rings is 3. The van der Waals surface area contributed by atoms with Gasteiger partial charge in [0.1, 0.15) is 11.5 Å². The van der Waals surface area contributed by atoms with E-state index < -0.39 is 0 Å². The van der Waals surface area contributed by atoms with Gasteiger partial charge in [0.15, 0.2) is 5.78 Å². The van der Waals surface area contributed by atoms with E-state index in [2.05, 4.69) is 5.32 Å². The van der Waals surface area contributed by atoms with E-state index in [0.717, 1.165) is 0 Å². The summed E-state index contributed by atoms with van der Waals surface area (Å²) < 4.78 is 5.85. The highest BCUT2D eigenvalue weighted by Gasteiger charge is 2.10. The Labute approximate surface area is 165 Å². The standard InChI is InChI=1S/C24H23NO3/c1-17(2)16-25-24(27)19-11-13-21(14-12-19)28-22-10-6-9-20(15-22)23(26)18-7-4-3-5-8-18/h3-15,17H,16H2,1-2H3,(H,25,27). The summed E-state index contributed by atoms with van der Waals surface area (Å²) in [6.07, 6.45) is 0. The van der Waals surface area contributed by atoms with E-state index in [-0.39, 0.29) is 11.7 Å². The number of carbonyl (C=O) groups excluding carboxylic acids is 2. The van der Waals surface area contributed by atoms with Gasteiger partial charge >= 0.3 is 0 Å². The number of amides is 1. The van der Waals surface area contributed by atoms with E-state index in [1.165, 1.54) is 0 Å². The normalized spacial score (nSPS) is 10.5. The maximum atomic E-state index is 12.6. The van der Waals surface area contributed by atoms with Gasteiger partial charge in [-0.05, 0) is 42.3 Å². The van der Waals surface area contributed by atoms with Crippen molar-refractivity contribution in [1.82, 2.24) is 5.32 Å². The number of rotatable bonds is 7. The SMILES string of the molecule is CC(C)CNC(=O)c1ccc(Oc2cccc(C(=O)c3ccccc3)c2)cc1. The van der Waals surface area contributed by atoms with Gasteiger partial charge in [-0.15, -0.1) is 0 Å². The molecule has 0 unspecified atom stereocenters. The Morgan fingerprint density at radius 3 is 2.14 bits per heavy atom. The molecule has 0 atom stereocenters. The first-order valence-electron chi connectivity index (χ1n) is 9.29. The van der Waals surface area contributed by atoms with E-state index in [9.17, 15) is 9.59 Å². The van der Waals surface area contributed by atoms with E-state index in [4.69, 9.17) is 4.74 Å². The molecule has 0 aromatic heterocycles. The van der Waals surface area contributed by atoms with E-state index in [1.807, 2.05) is 32.0 Å². The fraction of sp³-hybridized carbons (Fsp3) is 0.167. The first-order valence-corrected chi connectivity index (χ1v) is 9.29. The Morgan fingerprint density at radius 2 is 1.46 bits per heavy atom. The molecule has 4 nitrogen and oxygen atoms in total. The third kappa shape index (κ3) is 5.07. The Balaban J connectivity index is 1.69. The summed E-state index contributed by atoms with van der Waals surface area (Å²) in [5.74, 6) is 1.42. The molecule has 0 aliphatic heterocycles. The third-order valence-corrected chi connectivity index (χ3v) is 4.16. The summed E-state index contributed by atoms with van der Waals surface area (Å²) >= 11 is 0. The maximum absolute atomic E-state index is 12.6. The molecule has 0 spiro atoms. The van der Waals surface area contributed by atoms with Gasteiger partial charge in [0.25, 0.3) is 5.91 Å². The monoisotopic (exact) mass is 373 g/mol. The molecule has 1 N–H and O–H groups in total. The average molecular weight is 373 g/mol. The van der Waals surface area contributed by atoms with Crippen molar-refractivity contribution in [3.8, 4) is 11.5 Å². The van der Waals surface area contributed by atoms with Gasteiger partial charge < -0.3 is 10.1 Å². The molecule has 3 aromatic rings. The molecular formula is C24H23NO3. The highest BCUT2D eigenvalue weighted by Crippen LogP contribution is 2.23. The van der Waals surface area contributed by atoms with Crippen LogP contribution in [-0.4, -0.2) is 18.2 Å². The Bertz CT molecular complexity index is 947. The zero-order chi connectivity index (χ0) is 19.9. The van der Waals surface area contributed by atoms with Gasteiger partial charge in [-0.1, -0.05) is 56.3 Å². The zero-order valence-corrected chi connectivity index (χ0v) is 16.0. The van der Waals surface area contributed by atoms with Crippen LogP contribution >= 0.6 is 0 Å². The van der Waals surface area contributed by atoms with Gasteiger partial charge in [0.2, 0.25) is 0 Å². The topological polar surface area (TPSA) is 55.4 Å². The molecule has 1 amide bonds. The molecule has 142 valence electrons. The third-order valence-electron chi connectivity index (χ3n) is 4.16. The Hall–Kier alpha value is -3.40. The number of nitrogens with one attached hydrogen (secondary N) is 1. The molecule has 28 heavy (non-hydrogen) atoms. The molecule has 0 heterocycles. The molecule has 3 aromatic carbocycles. The molecule has 0 bridgehead atoms. The van der Waals surface area contributed by atoms with Crippen LogP contribution in [0.25, 0.3) is 0 Å². The van der Waals surface area contributed by atoms with Gasteiger partial charge in [-0.2, -0.15) is 0 Å². The van der Waals surface area contributed by atoms with E-state index in [1.54, 1.807) is 60.7 Å². The molecule has 0 fully saturated rings. The summed E-state index contributed by atoms with van der Waals surface area (Å²) in [5.41, 5.74) is 1.78. The first-order chi connectivity index (χ1) is 13.5. The summed E-state index contributed by atoms with van der Waals surface area (Å²) in [6, 6.07) is 23.2. The zero-order valence-electron chi connectivity index (χ0n) is 16.0. The fourth-order valence-corrected chi connectivity index (χ4v) is 2.67. The van der Waals surface area contributed by atoms with Crippen molar-refractivity contribution in [1.29, 1.82) is 0 Å². The van der Waals surface area contributed by atoms with Crippen LogP contribution in [0.5, 0.6) is 11.5 Å². The molecule has 0 saturated heterocycles. The van der Waals surface area contributed by atoms with Crippen molar-refractivity contribution in [3.05, 3.63) is 95.6 Å². The minimum atomic E-state index is -0.101. The Morgan fingerprint density at radius 1 is 0.786 bits per heavy atom.